The number of amides is 1. The molecule has 0 spiro atoms. The number of aromatic amines is 1. The van der Waals surface area contributed by atoms with Gasteiger partial charge in [0, 0.05) is 30.9 Å². The van der Waals surface area contributed by atoms with E-state index in [-0.39, 0.29) is 5.91 Å². The average Bonchev–Trinajstić information content (AvgIpc) is 3.08. The minimum absolute atomic E-state index is 0.0395. The normalized spacial score (nSPS) is 19.3. The SMILES string of the molecule is O=C(c1cc(Cl)sc1Cl)N1CCC[C@@H](c2ccn[nH]2)C1. The molecule has 3 rings (SSSR count). The van der Waals surface area contributed by atoms with Crippen LogP contribution in [0.1, 0.15) is 34.8 Å². The van der Waals surface area contributed by atoms with Crippen LogP contribution in [-0.2, 0) is 0 Å². The molecule has 0 saturated carbocycles. The Bertz CT molecular complexity index is 611. The van der Waals surface area contributed by atoms with Gasteiger partial charge in [-0.3, -0.25) is 9.89 Å². The number of likely N-dealkylation sites (tertiary alicyclic amines) is 1. The van der Waals surface area contributed by atoms with Crippen molar-refractivity contribution in [1.29, 1.82) is 0 Å². The second-order valence-corrected chi connectivity index (χ2v) is 7.13. The maximum absolute atomic E-state index is 12.5. The molecule has 0 unspecified atom stereocenters. The van der Waals surface area contributed by atoms with Crippen LogP contribution in [-0.4, -0.2) is 34.1 Å². The van der Waals surface area contributed by atoms with E-state index in [1.54, 1.807) is 12.3 Å². The van der Waals surface area contributed by atoms with Crippen LogP contribution < -0.4 is 0 Å². The number of hydrogen-bond acceptors (Lipinski definition) is 3. The highest BCUT2D eigenvalue weighted by Crippen LogP contribution is 2.33. The van der Waals surface area contributed by atoms with Crippen molar-refractivity contribution in [3.05, 3.63) is 38.3 Å². The van der Waals surface area contributed by atoms with Gasteiger partial charge >= 0.3 is 0 Å². The van der Waals surface area contributed by atoms with Gasteiger partial charge in [0.2, 0.25) is 0 Å². The van der Waals surface area contributed by atoms with Gasteiger partial charge in [0.1, 0.15) is 4.34 Å². The van der Waals surface area contributed by atoms with Crippen LogP contribution in [0.2, 0.25) is 8.67 Å². The predicted octanol–water partition coefficient (Wildman–Crippen LogP) is 3.80. The topological polar surface area (TPSA) is 49.0 Å². The lowest BCUT2D eigenvalue weighted by Crippen LogP contribution is -2.39. The summed E-state index contributed by atoms with van der Waals surface area (Å²) in [6, 6.07) is 3.61. The van der Waals surface area contributed by atoms with E-state index in [0.717, 1.165) is 25.1 Å². The molecule has 1 N–H and O–H groups in total. The molecule has 1 aliphatic heterocycles. The van der Waals surface area contributed by atoms with E-state index in [9.17, 15) is 4.79 Å². The number of carbonyl (C=O) groups is 1. The molecule has 106 valence electrons. The summed E-state index contributed by atoms with van der Waals surface area (Å²) in [7, 11) is 0. The molecule has 0 radical (unpaired) electrons. The lowest BCUT2D eigenvalue weighted by molar-refractivity contribution is 0.0706. The first kappa shape index (κ1) is 13.9. The molecule has 1 saturated heterocycles. The monoisotopic (exact) mass is 329 g/mol. The Balaban J connectivity index is 1.77. The molecule has 4 nitrogen and oxygen atoms in total. The predicted molar refractivity (Wildman–Crippen MR) is 80.8 cm³/mol. The molecule has 7 heteroatoms. The summed E-state index contributed by atoms with van der Waals surface area (Å²) in [4.78, 5) is 14.4. The Morgan fingerprint density at radius 2 is 2.35 bits per heavy atom. The van der Waals surface area contributed by atoms with Gasteiger partial charge in [-0.15, -0.1) is 11.3 Å². The fourth-order valence-corrected chi connectivity index (χ4v) is 4.01. The largest absolute Gasteiger partial charge is 0.338 e. The number of nitrogens with zero attached hydrogens (tertiary/aromatic N) is 2. The average molecular weight is 330 g/mol. The van der Waals surface area contributed by atoms with E-state index in [1.165, 1.54) is 11.3 Å². The second kappa shape index (κ2) is 5.76. The van der Waals surface area contributed by atoms with E-state index in [2.05, 4.69) is 10.2 Å². The summed E-state index contributed by atoms with van der Waals surface area (Å²) in [5.41, 5.74) is 1.59. The summed E-state index contributed by atoms with van der Waals surface area (Å²) in [5, 5.41) is 6.97. The van der Waals surface area contributed by atoms with Crippen molar-refractivity contribution in [3.8, 4) is 0 Å². The first-order valence-corrected chi connectivity index (χ1v) is 7.96. The zero-order valence-corrected chi connectivity index (χ0v) is 12.9. The number of thiophene rings is 1. The fraction of sp³-hybridized carbons (Fsp3) is 0.385. The van der Waals surface area contributed by atoms with Gasteiger partial charge in [0.15, 0.2) is 0 Å². The van der Waals surface area contributed by atoms with Gasteiger partial charge in [0.05, 0.1) is 9.90 Å². The van der Waals surface area contributed by atoms with E-state index in [0.29, 0.717) is 26.7 Å². The van der Waals surface area contributed by atoms with Gasteiger partial charge in [-0.2, -0.15) is 5.10 Å². The molecule has 20 heavy (non-hydrogen) atoms. The first-order chi connectivity index (χ1) is 9.65. The third-order valence-electron chi connectivity index (χ3n) is 3.56. The van der Waals surface area contributed by atoms with Crippen molar-refractivity contribution in [2.45, 2.75) is 18.8 Å². The lowest BCUT2D eigenvalue weighted by atomic mass is 9.94. The Hall–Kier alpha value is -1.04. The number of piperidine rings is 1. The highest BCUT2D eigenvalue weighted by atomic mass is 35.5. The highest BCUT2D eigenvalue weighted by Gasteiger charge is 2.28. The molecule has 0 aromatic carbocycles. The van der Waals surface area contributed by atoms with Crippen molar-refractivity contribution in [2.24, 2.45) is 0 Å². The van der Waals surface area contributed by atoms with E-state index < -0.39 is 0 Å². The second-order valence-electron chi connectivity index (χ2n) is 4.84. The van der Waals surface area contributed by atoms with Crippen molar-refractivity contribution < 1.29 is 4.79 Å². The number of hydrogen-bond donors (Lipinski definition) is 1. The van der Waals surface area contributed by atoms with Crippen LogP contribution in [0.25, 0.3) is 0 Å². The quantitative estimate of drug-likeness (QED) is 0.910. The number of nitrogens with one attached hydrogen (secondary N) is 1. The summed E-state index contributed by atoms with van der Waals surface area (Å²) < 4.78 is 1.00. The number of rotatable bonds is 2. The Morgan fingerprint density at radius 1 is 1.50 bits per heavy atom. The molecule has 1 aliphatic rings. The van der Waals surface area contributed by atoms with Crippen LogP contribution >= 0.6 is 34.5 Å². The zero-order chi connectivity index (χ0) is 14.1. The van der Waals surface area contributed by atoms with Crippen LogP contribution in [0.5, 0.6) is 0 Å². The number of halogens is 2. The third kappa shape index (κ3) is 2.71. The maximum Gasteiger partial charge on any atom is 0.256 e. The summed E-state index contributed by atoms with van der Waals surface area (Å²) in [6.07, 6.45) is 3.78. The molecule has 0 aliphatic carbocycles. The van der Waals surface area contributed by atoms with Crippen molar-refractivity contribution in [1.82, 2.24) is 15.1 Å². The van der Waals surface area contributed by atoms with Gasteiger partial charge in [-0.1, -0.05) is 23.2 Å². The van der Waals surface area contributed by atoms with Crippen LogP contribution in [0.15, 0.2) is 18.3 Å². The van der Waals surface area contributed by atoms with Gasteiger partial charge in [0.25, 0.3) is 5.91 Å². The third-order valence-corrected chi connectivity index (χ3v) is 5.05. The van der Waals surface area contributed by atoms with E-state index >= 15 is 0 Å². The van der Waals surface area contributed by atoms with Gasteiger partial charge in [-0.05, 0) is 25.0 Å². The molecule has 3 heterocycles. The van der Waals surface area contributed by atoms with Crippen molar-refractivity contribution in [3.63, 3.8) is 0 Å². The Labute approximate surface area is 130 Å². The molecular weight excluding hydrogens is 317 g/mol. The van der Waals surface area contributed by atoms with Crippen molar-refractivity contribution in [2.75, 3.05) is 13.1 Å². The smallest absolute Gasteiger partial charge is 0.256 e. The van der Waals surface area contributed by atoms with Crippen LogP contribution in [0.3, 0.4) is 0 Å². The molecule has 1 atom stereocenters. The molecule has 0 bridgehead atoms. The minimum Gasteiger partial charge on any atom is -0.338 e. The van der Waals surface area contributed by atoms with Crippen molar-refractivity contribution >= 4 is 40.4 Å². The Morgan fingerprint density at radius 3 is 3.00 bits per heavy atom. The number of aromatic nitrogens is 2. The molecule has 2 aromatic rings. The van der Waals surface area contributed by atoms with Crippen LogP contribution in [0.4, 0.5) is 0 Å². The highest BCUT2D eigenvalue weighted by molar-refractivity contribution is 7.20. The standard InChI is InChI=1S/C13H13Cl2N3OS/c14-11-6-9(12(15)20-11)13(19)18-5-1-2-8(7-18)10-3-4-16-17-10/h3-4,6,8H,1-2,5,7H2,(H,16,17)/t8-/m1/s1. The molecule has 1 amide bonds. The number of H-pyrrole nitrogens is 1. The van der Waals surface area contributed by atoms with E-state index in [1.807, 2.05) is 11.0 Å². The summed E-state index contributed by atoms with van der Waals surface area (Å²) in [5.74, 6) is 0.269. The van der Waals surface area contributed by atoms with Crippen LogP contribution in [0, 0.1) is 0 Å². The van der Waals surface area contributed by atoms with E-state index in [4.69, 9.17) is 23.2 Å². The lowest BCUT2D eigenvalue weighted by Gasteiger charge is -2.32. The molecule has 2 aromatic heterocycles. The minimum atomic E-state index is -0.0395. The Kier molecular flexibility index (Phi) is 4.01. The zero-order valence-electron chi connectivity index (χ0n) is 10.6. The first-order valence-electron chi connectivity index (χ1n) is 6.38. The van der Waals surface area contributed by atoms with Gasteiger partial charge in [-0.25, -0.2) is 0 Å². The van der Waals surface area contributed by atoms with Gasteiger partial charge < -0.3 is 4.90 Å². The fourth-order valence-electron chi connectivity index (χ4n) is 2.57. The number of carbonyl (C=O) groups excluding carboxylic acids is 1. The molecular formula is C13H13Cl2N3OS. The summed E-state index contributed by atoms with van der Waals surface area (Å²) in [6.45, 7) is 1.44. The maximum atomic E-state index is 12.5. The molecule has 1 fully saturated rings. The summed E-state index contributed by atoms with van der Waals surface area (Å²) >= 11 is 13.2.